The molecule has 1 aromatic carbocycles. The van der Waals surface area contributed by atoms with Crippen molar-refractivity contribution < 1.29 is 14.0 Å². The number of halogens is 1. The average Bonchev–Trinajstić information content (AvgIpc) is 2.57. The normalized spacial score (nSPS) is 23.0. The van der Waals surface area contributed by atoms with Crippen LogP contribution in [0.1, 0.15) is 32.1 Å². The van der Waals surface area contributed by atoms with Crippen LogP contribution in [0.2, 0.25) is 0 Å². The van der Waals surface area contributed by atoms with E-state index in [1.165, 1.54) is 41.8 Å². The summed E-state index contributed by atoms with van der Waals surface area (Å²) in [6.45, 7) is 0. The van der Waals surface area contributed by atoms with Crippen LogP contribution >= 0.6 is 12.2 Å². The van der Waals surface area contributed by atoms with Gasteiger partial charge in [-0.2, -0.15) is 0 Å². The molecule has 1 saturated heterocycles. The van der Waals surface area contributed by atoms with Gasteiger partial charge in [0.15, 0.2) is 11.0 Å². The molecule has 5 nitrogen and oxygen atoms in total. The van der Waals surface area contributed by atoms with E-state index in [9.17, 15) is 14.0 Å². The number of nitrogens with zero attached hydrogens (tertiary/aromatic N) is 2. The van der Waals surface area contributed by atoms with Crippen LogP contribution in [0.4, 0.5) is 10.1 Å². The second-order valence-corrected chi connectivity index (χ2v) is 6.40. The molecule has 7 heteroatoms. The number of hydrogen-bond acceptors (Lipinski definition) is 4. The smallest absolute Gasteiger partial charge is 0.251 e. The van der Waals surface area contributed by atoms with E-state index in [-0.39, 0.29) is 11.2 Å². The molecule has 1 aliphatic heterocycles. The van der Waals surface area contributed by atoms with Crippen molar-refractivity contribution >= 4 is 41.0 Å². The number of carbonyl (C=O) groups excluding carboxylic acids is 2. The number of carbonyl (C=O) groups is 2. The quantitative estimate of drug-likeness (QED) is 0.519. The van der Waals surface area contributed by atoms with Crippen molar-refractivity contribution in [1.82, 2.24) is 5.32 Å². The van der Waals surface area contributed by atoms with Crippen LogP contribution < -0.4 is 10.2 Å². The zero-order valence-electron chi connectivity index (χ0n) is 13.1. The Morgan fingerprint density at radius 2 is 1.83 bits per heavy atom. The van der Waals surface area contributed by atoms with Gasteiger partial charge in [0.05, 0.1) is 5.69 Å². The molecular formula is C17H18FN3O2S. The molecule has 126 valence electrons. The van der Waals surface area contributed by atoms with Crippen molar-refractivity contribution in [2.75, 3.05) is 4.90 Å². The SMILES string of the molecule is O=C1NC(=S)N(c2ccc(F)cc2)C(=O)[C@@H]1C=NC1CCCCC1. The molecule has 1 N–H and O–H groups in total. The Morgan fingerprint density at radius 3 is 2.50 bits per heavy atom. The van der Waals surface area contributed by atoms with Crippen LogP contribution in [-0.4, -0.2) is 29.2 Å². The minimum Gasteiger partial charge on any atom is -0.301 e. The highest BCUT2D eigenvalue weighted by Crippen LogP contribution is 2.23. The van der Waals surface area contributed by atoms with E-state index >= 15 is 0 Å². The summed E-state index contributed by atoms with van der Waals surface area (Å²) in [5, 5.41) is 2.52. The summed E-state index contributed by atoms with van der Waals surface area (Å²) in [4.78, 5) is 30.5. The highest BCUT2D eigenvalue weighted by Gasteiger charge is 2.38. The molecule has 1 aliphatic carbocycles. The van der Waals surface area contributed by atoms with Crippen LogP contribution in [0.25, 0.3) is 0 Å². The minimum atomic E-state index is -1.01. The second-order valence-electron chi connectivity index (χ2n) is 6.01. The number of thiocarbonyl (C=S) groups is 1. The summed E-state index contributed by atoms with van der Waals surface area (Å²) >= 11 is 5.09. The summed E-state index contributed by atoms with van der Waals surface area (Å²) in [5.41, 5.74) is 0.419. The standard InChI is InChI=1S/C17H18FN3O2S/c18-11-6-8-13(9-7-11)21-16(23)14(15(22)20-17(21)24)10-19-12-4-2-1-3-5-12/h6-10,12,14H,1-5H2,(H,20,22,24)/t14-/m1/s1. The van der Waals surface area contributed by atoms with Crippen LogP contribution in [0, 0.1) is 11.7 Å². The first-order chi connectivity index (χ1) is 11.6. The fourth-order valence-electron chi connectivity index (χ4n) is 2.99. The predicted octanol–water partition coefficient (Wildman–Crippen LogP) is 2.59. The Balaban J connectivity index is 1.80. The number of amides is 2. The van der Waals surface area contributed by atoms with E-state index in [0.717, 1.165) is 25.7 Å². The summed E-state index contributed by atoms with van der Waals surface area (Å²) in [6.07, 6.45) is 6.86. The van der Waals surface area contributed by atoms with Gasteiger partial charge in [-0.05, 0) is 49.3 Å². The van der Waals surface area contributed by atoms with E-state index in [1.54, 1.807) is 0 Å². The zero-order valence-corrected chi connectivity index (χ0v) is 13.9. The largest absolute Gasteiger partial charge is 0.301 e. The lowest BCUT2D eigenvalue weighted by atomic mass is 9.96. The lowest BCUT2D eigenvalue weighted by Gasteiger charge is -2.31. The molecule has 1 heterocycles. The highest BCUT2D eigenvalue weighted by atomic mass is 32.1. The highest BCUT2D eigenvalue weighted by molar-refractivity contribution is 7.80. The Hall–Kier alpha value is -2.15. The Kier molecular flexibility index (Phi) is 4.99. The average molecular weight is 347 g/mol. The molecule has 1 aromatic rings. The first-order valence-corrected chi connectivity index (χ1v) is 8.45. The van der Waals surface area contributed by atoms with Gasteiger partial charge >= 0.3 is 0 Å². The third-order valence-electron chi connectivity index (χ3n) is 4.31. The first-order valence-electron chi connectivity index (χ1n) is 8.04. The molecule has 2 amide bonds. The number of nitrogens with one attached hydrogen (secondary N) is 1. The number of hydrogen-bond donors (Lipinski definition) is 1. The van der Waals surface area contributed by atoms with Gasteiger partial charge in [0.25, 0.3) is 5.91 Å². The van der Waals surface area contributed by atoms with Gasteiger partial charge in [-0.3, -0.25) is 19.5 Å². The topological polar surface area (TPSA) is 61.8 Å². The minimum absolute atomic E-state index is 0.000996. The third-order valence-corrected chi connectivity index (χ3v) is 4.59. The van der Waals surface area contributed by atoms with Crippen molar-refractivity contribution in [3.8, 4) is 0 Å². The third kappa shape index (κ3) is 3.51. The van der Waals surface area contributed by atoms with Crippen LogP contribution in [0.15, 0.2) is 29.3 Å². The van der Waals surface area contributed by atoms with Crippen molar-refractivity contribution in [2.45, 2.75) is 38.1 Å². The molecule has 0 aromatic heterocycles. The molecule has 1 saturated carbocycles. The van der Waals surface area contributed by atoms with E-state index in [4.69, 9.17) is 12.2 Å². The number of anilines is 1. The van der Waals surface area contributed by atoms with E-state index in [1.807, 2.05) is 0 Å². The molecule has 0 radical (unpaired) electrons. The molecule has 0 unspecified atom stereocenters. The van der Waals surface area contributed by atoms with E-state index < -0.39 is 23.5 Å². The molecule has 2 fully saturated rings. The molecule has 1 atom stereocenters. The summed E-state index contributed by atoms with van der Waals surface area (Å²) in [5.74, 6) is -2.35. The van der Waals surface area contributed by atoms with E-state index in [2.05, 4.69) is 10.3 Å². The second kappa shape index (κ2) is 7.17. The van der Waals surface area contributed by atoms with Gasteiger partial charge in [0.2, 0.25) is 5.91 Å². The molecule has 3 rings (SSSR count). The molecule has 24 heavy (non-hydrogen) atoms. The van der Waals surface area contributed by atoms with Crippen LogP contribution in [-0.2, 0) is 9.59 Å². The monoisotopic (exact) mass is 347 g/mol. The maximum atomic E-state index is 13.1. The van der Waals surface area contributed by atoms with Gasteiger partial charge in [-0.15, -0.1) is 0 Å². The number of aliphatic imine (C=N–C) groups is 1. The Bertz CT molecular complexity index is 684. The van der Waals surface area contributed by atoms with Crippen molar-refractivity contribution in [3.05, 3.63) is 30.1 Å². The van der Waals surface area contributed by atoms with Crippen molar-refractivity contribution in [3.63, 3.8) is 0 Å². The fourth-order valence-corrected chi connectivity index (χ4v) is 3.29. The van der Waals surface area contributed by atoms with Gasteiger partial charge in [-0.25, -0.2) is 4.39 Å². The van der Waals surface area contributed by atoms with Gasteiger partial charge in [0.1, 0.15) is 5.82 Å². The van der Waals surface area contributed by atoms with E-state index in [0.29, 0.717) is 5.69 Å². The fraction of sp³-hybridized carbons (Fsp3) is 0.412. The van der Waals surface area contributed by atoms with Gasteiger partial charge in [0, 0.05) is 12.3 Å². The lowest BCUT2D eigenvalue weighted by molar-refractivity contribution is -0.130. The molecule has 2 aliphatic rings. The summed E-state index contributed by atoms with van der Waals surface area (Å²) in [6, 6.07) is 5.56. The molecule has 0 spiro atoms. The van der Waals surface area contributed by atoms with Crippen molar-refractivity contribution in [2.24, 2.45) is 10.9 Å². The number of benzene rings is 1. The number of rotatable bonds is 3. The molecule has 0 bridgehead atoms. The predicted molar refractivity (Wildman–Crippen MR) is 93.5 cm³/mol. The lowest BCUT2D eigenvalue weighted by Crippen LogP contribution is -2.58. The maximum absolute atomic E-state index is 13.1. The summed E-state index contributed by atoms with van der Waals surface area (Å²) in [7, 11) is 0. The Morgan fingerprint density at radius 1 is 1.17 bits per heavy atom. The molecular weight excluding hydrogens is 329 g/mol. The maximum Gasteiger partial charge on any atom is 0.251 e. The van der Waals surface area contributed by atoms with Gasteiger partial charge < -0.3 is 5.32 Å². The first kappa shape index (κ1) is 16.7. The zero-order chi connectivity index (χ0) is 17.1. The Labute approximate surface area is 144 Å². The van der Waals surface area contributed by atoms with Crippen LogP contribution in [0.3, 0.4) is 0 Å². The summed E-state index contributed by atoms with van der Waals surface area (Å²) < 4.78 is 13.1. The van der Waals surface area contributed by atoms with Crippen LogP contribution in [0.5, 0.6) is 0 Å². The van der Waals surface area contributed by atoms with Gasteiger partial charge in [-0.1, -0.05) is 19.3 Å². The van der Waals surface area contributed by atoms with Crippen molar-refractivity contribution in [1.29, 1.82) is 0 Å².